The molecule has 0 heterocycles. The molecule has 0 aromatic heterocycles. The molecular weight excluding hydrogens is 412 g/mol. The molecule has 0 aliphatic rings. The van der Waals surface area contributed by atoms with Gasteiger partial charge in [0.2, 0.25) is 20.0 Å². The van der Waals surface area contributed by atoms with Crippen molar-refractivity contribution in [1.29, 1.82) is 0 Å². The van der Waals surface area contributed by atoms with Gasteiger partial charge < -0.3 is 4.74 Å². The van der Waals surface area contributed by atoms with Crippen LogP contribution in [0.5, 0.6) is 5.75 Å². The summed E-state index contributed by atoms with van der Waals surface area (Å²) in [5.41, 5.74) is 1.00. The van der Waals surface area contributed by atoms with E-state index in [1.807, 2.05) is 37.3 Å². The van der Waals surface area contributed by atoms with Crippen LogP contribution in [0.2, 0.25) is 0 Å². The summed E-state index contributed by atoms with van der Waals surface area (Å²) in [7, 11) is -4.65. The van der Waals surface area contributed by atoms with Crippen LogP contribution in [-0.4, -0.2) is 47.1 Å². The normalized spacial score (nSPS) is 13.5. The molecule has 0 amide bonds. The molecule has 0 aliphatic heterocycles. The molecule has 160 valence electrons. The number of sulfonamides is 2. The summed E-state index contributed by atoms with van der Waals surface area (Å²) in [6.07, 6.45) is -0.210. The van der Waals surface area contributed by atoms with Gasteiger partial charge in [-0.25, -0.2) is 21.1 Å². The van der Waals surface area contributed by atoms with E-state index < -0.39 is 20.0 Å². The lowest BCUT2D eigenvalue weighted by Gasteiger charge is -2.19. The van der Waals surface area contributed by atoms with Crippen LogP contribution in [0.15, 0.2) is 53.4 Å². The smallest absolute Gasteiger partial charge is 0.242 e. The Bertz CT molecular complexity index is 1030. The van der Waals surface area contributed by atoms with Crippen molar-refractivity contribution in [2.75, 3.05) is 24.6 Å². The topological polar surface area (TPSA) is 92.8 Å². The quantitative estimate of drug-likeness (QED) is 0.646. The van der Waals surface area contributed by atoms with Crippen LogP contribution < -0.4 is 9.46 Å². The van der Waals surface area contributed by atoms with Gasteiger partial charge >= 0.3 is 0 Å². The third kappa shape index (κ3) is 6.19. The van der Waals surface area contributed by atoms with Crippen LogP contribution in [0, 0.1) is 0 Å². The number of nitrogens with one attached hydrogen (secondary N) is 1. The van der Waals surface area contributed by atoms with Crippen LogP contribution >= 0.6 is 0 Å². The van der Waals surface area contributed by atoms with Gasteiger partial charge in [0, 0.05) is 14.1 Å². The maximum absolute atomic E-state index is 12.8. The molecule has 2 rings (SSSR count). The highest BCUT2D eigenvalue weighted by molar-refractivity contribution is 7.92. The van der Waals surface area contributed by atoms with Gasteiger partial charge in [-0.05, 0) is 43.5 Å². The summed E-state index contributed by atoms with van der Waals surface area (Å²) >= 11 is 0. The Hall–Kier alpha value is -2.10. The molecule has 0 aliphatic carbocycles. The largest absolute Gasteiger partial charge is 0.489 e. The van der Waals surface area contributed by atoms with Crippen molar-refractivity contribution in [3.63, 3.8) is 0 Å². The molecular formula is C20H28N2O5S2. The molecule has 1 unspecified atom stereocenters. The standard InChI is InChI=1S/C20H28N2O5S2/c1-15(2)27-20-12-11-18(29(25,26)22(4)5)13-19(20)21-28(23,24)14-16(3)17-9-7-6-8-10-17/h6-13,15-16,21H,14H2,1-5H3. The minimum absolute atomic E-state index is 0.0209. The molecule has 9 heteroatoms. The van der Waals surface area contributed by atoms with Crippen molar-refractivity contribution in [1.82, 2.24) is 4.31 Å². The van der Waals surface area contributed by atoms with Gasteiger partial charge in [0.15, 0.2) is 0 Å². The van der Waals surface area contributed by atoms with Crippen molar-refractivity contribution in [3.05, 3.63) is 54.1 Å². The lowest BCUT2D eigenvalue weighted by Crippen LogP contribution is -2.24. The fraction of sp³-hybridized carbons (Fsp3) is 0.400. The van der Waals surface area contributed by atoms with Gasteiger partial charge in [0.25, 0.3) is 0 Å². The first kappa shape index (κ1) is 23.2. The van der Waals surface area contributed by atoms with Crippen molar-refractivity contribution in [2.45, 2.75) is 37.7 Å². The minimum atomic E-state index is -3.76. The predicted octanol–water partition coefficient (Wildman–Crippen LogP) is 3.27. The van der Waals surface area contributed by atoms with Gasteiger partial charge in [0.05, 0.1) is 22.4 Å². The summed E-state index contributed by atoms with van der Waals surface area (Å²) in [5, 5.41) is 0. The number of nitrogens with zero attached hydrogens (tertiary/aromatic N) is 1. The van der Waals surface area contributed by atoms with E-state index in [0.29, 0.717) is 0 Å². The van der Waals surface area contributed by atoms with Gasteiger partial charge in [0.1, 0.15) is 5.75 Å². The molecule has 0 radical (unpaired) electrons. The van der Waals surface area contributed by atoms with E-state index in [4.69, 9.17) is 4.74 Å². The van der Waals surface area contributed by atoms with Crippen molar-refractivity contribution in [3.8, 4) is 5.75 Å². The fourth-order valence-corrected chi connectivity index (χ4v) is 5.09. The lowest BCUT2D eigenvalue weighted by molar-refractivity contribution is 0.243. The van der Waals surface area contributed by atoms with E-state index in [2.05, 4.69) is 4.72 Å². The molecule has 1 atom stereocenters. The maximum atomic E-state index is 12.8. The number of hydrogen-bond donors (Lipinski definition) is 1. The zero-order valence-electron chi connectivity index (χ0n) is 17.3. The summed E-state index contributed by atoms with van der Waals surface area (Å²) < 4.78 is 59.7. The van der Waals surface area contributed by atoms with Crippen LogP contribution in [0.1, 0.15) is 32.3 Å². The van der Waals surface area contributed by atoms with E-state index in [0.717, 1.165) is 9.87 Å². The Morgan fingerprint density at radius 2 is 1.59 bits per heavy atom. The highest BCUT2D eigenvalue weighted by Gasteiger charge is 2.23. The average Bonchev–Trinajstić information content (AvgIpc) is 2.62. The van der Waals surface area contributed by atoms with Gasteiger partial charge in [-0.1, -0.05) is 37.3 Å². The Balaban J connectivity index is 2.37. The highest BCUT2D eigenvalue weighted by atomic mass is 32.2. The van der Waals surface area contributed by atoms with E-state index in [1.54, 1.807) is 13.8 Å². The van der Waals surface area contributed by atoms with Crippen molar-refractivity contribution in [2.24, 2.45) is 0 Å². The summed E-state index contributed by atoms with van der Waals surface area (Å²) in [6, 6.07) is 13.5. The second-order valence-electron chi connectivity index (χ2n) is 7.31. The third-order valence-electron chi connectivity index (χ3n) is 4.20. The first-order chi connectivity index (χ1) is 13.4. The van der Waals surface area contributed by atoms with Gasteiger partial charge in [-0.2, -0.15) is 0 Å². The Morgan fingerprint density at radius 1 is 0.966 bits per heavy atom. The number of rotatable bonds is 9. The molecule has 0 bridgehead atoms. The molecule has 1 N–H and O–H groups in total. The van der Waals surface area contributed by atoms with E-state index in [1.165, 1.54) is 32.3 Å². The zero-order chi connectivity index (χ0) is 21.8. The monoisotopic (exact) mass is 440 g/mol. The van der Waals surface area contributed by atoms with Crippen LogP contribution in [-0.2, 0) is 20.0 Å². The first-order valence-corrected chi connectivity index (χ1v) is 12.3. The molecule has 0 saturated heterocycles. The molecule has 2 aromatic carbocycles. The Kier molecular flexibility index (Phi) is 7.31. The van der Waals surface area contributed by atoms with Crippen molar-refractivity contribution < 1.29 is 21.6 Å². The number of benzene rings is 2. The highest BCUT2D eigenvalue weighted by Crippen LogP contribution is 2.31. The first-order valence-electron chi connectivity index (χ1n) is 9.21. The second kappa shape index (κ2) is 9.15. The van der Waals surface area contributed by atoms with E-state index in [9.17, 15) is 16.8 Å². The average molecular weight is 441 g/mol. The minimum Gasteiger partial charge on any atom is -0.489 e. The van der Waals surface area contributed by atoms with Crippen molar-refractivity contribution >= 4 is 25.7 Å². The number of anilines is 1. The molecule has 0 saturated carbocycles. The summed E-state index contributed by atoms with van der Waals surface area (Å²) in [6.45, 7) is 5.44. The molecule has 2 aromatic rings. The Labute approximate surface area is 173 Å². The molecule has 0 fully saturated rings. The van der Waals surface area contributed by atoms with Crippen LogP contribution in [0.4, 0.5) is 5.69 Å². The van der Waals surface area contributed by atoms with E-state index in [-0.39, 0.29) is 34.1 Å². The third-order valence-corrected chi connectivity index (χ3v) is 7.48. The SMILES string of the molecule is CC(C)Oc1ccc(S(=O)(=O)N(C)C)cc1NS(=O)(=O)CC(C)c1ccccc1. The summed E-state index contributed by atoms with van der Waals surface area (Å²) in [5.74, 6) is -0.117. The second-order valence-corrected chi connectivity index (χ2v) is 11.2. The zero-order valence-corrected chi connectivity index (χ0v) is 18.9. The van der Waals surface area contributed by atoms with Crippen LogP contribution in [0.3, 0.4) is 0 Å². The number of hydrogen-bond acceptors (Lipinski definition) is 5. The number of ether oxygens (including phenoxy) is 1. The van der Waals surface area contributed by atoms with Gasteiger partial charge in [-0.15, -0.1) is 0 Å². The molecule has 29 heavy (non-hydrogen) atoms. The van der Waals surface area contributed by atoms with Crippen LogP contribution in [0.25, 0.3) is 0 Å². The maximum Gasteiger partial charge on any atom is 0.242 e. The Morgan fingerprint density at radius 3 is 2.14 bits per heavy atom. The summed E-state index contributed by atoms with van der Waals surface area (Å²) in [4.78, 5) is -0.0209. The van der Waals surface area contributed by atoms with E-state index >= 15 is 0 Å². The molecule has 0 spiro atoms. The van der Waals surface area contributed by atoms with Gasteiger partial charge in [-0.3, -0.25) is 4.72 Å². The predicted molar refractivity (Wildman–Crippen MR) is 115 cm³/mol. The fourth-order valence-electron chi connectivity index (χ4n) is 2.73. The lowest BCUT2D eigenvalue weighted by atomic mass is 10.0. The molecule has 7 nitrogen and oxygen atoms in total.